The highest BCUT2D eigenvalue weighted by molar-refractivity contribution is 9.10. The molecule has 1 amide bonds. The Bertz CT molecular complexity index is 741. The molecular formula is C14H17BrF3N5O2. The first-order valence-electron chi connectivity index (χ1n) is 7.42. The highest BCUT2D eigenvalue weighted by atomic mass is 79.9. The average Bonchev–Trinajstić information content (AvgIpc) is 3.09. The van der Waals surface area contributed by atoms with Crippen molar-refractivity contribution in [3.05, 3.63) is 28.3 Å². The zero-order chi connectivity index (χ0) is 18.6. The van der Waals surface area contributed by atoms with Gasteiger partial charge in [0.15, 0.2) is 5.69 Å². The lowest BCUT2D eigenvalue weighted by molar-refractivity contribution is -0.142. The third-order valence-electron chi connectivity index (χ3n) is 3.30. The summed E-state index contributed by atoms with van der Waals surface area (Å²) in [4.78, 5) is 12.0. The van der Waals surface area contributed by atoms with Crippen molar-refractivity contribution in [1.82, 2.24) is 19.6 Å². The number of halogens is 4. The second-order valence-electron chi connectivity index (χ2n) is 5.16. The Hall–Kier alpha value is -1.88. The lowest BCUT2D eigenvalue weighted by atomic mass is 10.3. The number of hydrogen-bond acceptors (Lipinski definition) is 4. The Morgan fingerprint density at radius 3 is 2.76 bits per heavy atom. The summed E-state index contributed by atoms with van der Waals surface area (Å²) in [6.07, 6.45) is -1.51. The first-order valence-corrected chi connectivity index (χ1v) is 8.21. The van der Waals surface area contributed by atoms with Crippen molar-refractivity contribution in [1.29, 1.82) is 0 Å². The molecule has 0 fully saturated rings. The van der Waals surface area contributed by atoms with E-state index < -0.39 is 11.9 Å². The fraction of sp³-hybridized carbons (Fsp3) is 0.500. The fourth-order valence-electron chi connectivity index (χ4n) is 2.04. The van der Waals surface area contributed by atoms with Crippen molar-refractivity contribution in [2.75, 3.05) is 11.9 Å². The lowest BCUT2D eigenvalue weighted by Crippen LogP contribution is -2.16. The van der Waals surface area contributed by atoms with Crippen LogP contribution in [0.1, 0.15) is 24.7 Å². The van der Waals surface area contributed by atoms with Crippen LogP contribution in [0, 0.1) is 6.92 Å². The molecule has 0 aromatic carbocycles. The van der Waals surface area contributed by atoms with Crippen LogP contribution in [0.25, 0.3) is 0 Å². The van der Waals surface area contributed by atoms with Gasteiger partial charge in [-0.3, -0.25) is 9.48 Å². The van der Waals surface area contributed by atoms with E-state index >= 15 is 0 Å². The monoisotopic (exact) mass is 423 g/mol. The molecule has 2 aromatic heterocycles. The van der Waals surface area contributed by atoms with E-state index in [-0.39, 0.29) is 30.1 Å². The van der Waals surface area contributed by atoms with Crippen molar-refractivity contribution in [2.45, 2.75) is 39.7 Å². The predicted molar refractivity (Wildman–Crippen MR) is 86.8 cm³/mol. The third kappa shape index (κ3) is 5.05. The summed E-state index contributed by atoms with van der Waals surface area (Å²) < 4.78 is 46.2. The van der Waals surface area contributed by atoms with E-state index in [1.165, 1.54) is 17.8 Å². The van der Waals surface area contributed by atoms with Gasteiger partial charge in [-0.2, -0.15) is 23.4 Å². The largest absolute Gasteiger partial charge is 0.436 e. The number of aryl methyl sites for hydroxylation is 1. The molecule has 11 heteroatoms. The first-order chi connectivity index (χ1) is 11.7. The van der Waals surface area contributed by atoms with Crippen LogP contribution in [0.15, 0.2) is 16.9 Å². The van der Waals surface area contributed by atoms with Gasteiger partial charge < -0.3 is 10.1 Å². The molecule has 0 saturated carbocycles. The number of anilines is 1. The molecule has 0 atom stereocenters. The Morgan fingerprint density at radius 1 is 1.44 bits per heavy atom. The van der Waals surface area contributed by atoms with E-state index in [2.05, 4.69) is 31.4 Å². The smallest absolute Gasteiger partial charge is 0.360 e. The van der Waals surface area contributed by atoms with Crippen LogP contribution in [0.5, 0.6) is 0 Å². The van der Waals surface area contributed by atoms with Gasteiger partial charge in [0.2, 0.25) is 5.91 Å². The molecule has 2 aromatic rings. The number of hydrogen-bond donors (Lipinski definition) is 1. The zero-order valence-electron chi connectivity index (χ0n) is 13.6. The van der Waals surface area contributed by atoms with Crippen LogP contribution >= 0.6 is 15.9 Å². The van der Waals surface area contributed by atoms with Crippen molar-refractivity contribution in [3.8, 4) is 0 Å². The SMILES string of the molecule is CCOCn1cc(NC(=O)CCn2nc(C(F)(F)F)c(Br)c2C)cn1. The molecule has 0 aliphatic rings. The second-order valence-corrected chi connectivity index (χ2v) is 5.95. The molecule has 25 heavy (non-hydrogen) atoms. The number of carbonyl (C=O) groups is 1. The molecule has 0 aliphatic carbocycles. The standard InChI is InChI=1S/C14H17BrF3N5O2/c1-3-25-8-22-7-10(6-19-22)20-11(24)4-5-23-9(2)12(15)13(21-23)14(16,17)18/h6-7H,3-5,8H2,1-2H3,(H,20,24). The number of ether oxygens (including phenoxy) is 1. The average molecular weight is 424 g/mol. The Morgan fingerprint density at radius 2 is 2.16 bits per heavy atom. The summed E-state index contributed by atoms with van der Waals surface area (Å²) in [6.45, 7) is 4.20. The zero-order valence-corrected chi connectivity index (χ0v) is 15.2. The van der Waals surface area contributed by atoms with Gasteiger partial charge >= 0.3 is 6.18 Å². The molecule has 2 heterocycles. The molecule has 0 spiro atoms. The van der Waals surface area contributed by atoms with Gasteiger partial charge in [-0.05, 0) is 29.8 Å². The van der Waals surface area contributed by atoms with E-state index in [4.69, 9.17) is 4.74 Å². The number of aromatic nitrogens is 4. The van der Waals surface area contributed by atoms with Gasteiger partial charge in [0, 0.05) is 13.0 Å². The normalized spacial score (nSPS) is 11.8. The van der Waals surface area contributed by atoms with E-state index in [1.54, 1.807) is 6.20 Å². The van der Waals surface area contributed by atoms with Crippen LogP contribution in [0.3, 0.4) is 0 Å². The van der Waals surface area contributed by atoms with Crippen LogP contribution < -0.4 is 5.32 Å². The first kappa shape index (κ1) is 19.4. The van der Waals surface area contributed by atoms with E-state index in [0.717, 1.165) is 4.68 Å². The van der Waals surface area contributed by atoms with Crippen LogP contribution in [0.4, 0.5) is 18.9 Å². The maximum Gasteiger partial charge on any atom is 0.436 e. The molecule has 0 unspecified atom stereocenters. The Labute approximate surface area is 150 Å². The summed E-state index contributed by atoms with van der Waals surface area (Å²) >= 11 is 2.89. The minimum atomic E-state index is -4.55. The minimum absolute atomic E-state index is 0.0249. The fourth-order valence-corrected chi connectivity index (χ4v) is 2.55. The summed E-state index contributed by atoms with van der Waals surface area (Å²) in [5.41, 5.74) is -0.202. The minimum Gasteiger partial charge on any atom is -0.360 e. The predicted octanol–water partition coefficient (Wildman–Crippen LogP) is 3.19. The number of nitrogens with one attached hydrogen (secondary N) is 1. The van der Waals surface area contributed by atoms with Gasteiger partial charge in [-0.1, -0.05) is 0 Å². The van der Waals surface area contributed by atoms with Crippen molar-refractivity contribution in [3.63, 3.8) is 0 Å². The molecule has 0 aliphatic heterocycles. The maximum atomic E-state index is 12.8. The highest BCUT2D eigenvalue weighted by Crippen LogP contribution is 2.35. The van der Waals surface area contributed by atoms with Gasteiger partial charge in [-0.15, -0.1) is 0 Å². The number of rotatable bonds is 7. The number of alkyl halides is 3. The van der Waals surface area contributed by atoms with Crippen molar-refractivity contribution < 1.29 is 22.7 Å². The van der Waals surface area contributed by atoms with E-state index in [1.807, 2.05) is 6.92 Å². The highest BCUT2D eigenvalue weighted by Gasteiger charge is 2.37. The van der Waals surface area contributed by atoms with Crippen molar-refractivity contribution in [2.24, 2.45) is 0 Å². The quantitative estimate of drug-likeness (QED) is 0.741. The van der Waals surface area contributed by atoms with Gasteiger partial charge in [-0.25, -0.2) is 4.68 Å². The summed E-state index contributed by atoms with van der Waals surface area (Å²) in [5.74, 6) is -0.351. The Balaban J connectivity index is 1.93. The lowest BCUT2D eigenvalue weighted by Gasteiger charge is -2.05. The van der Waals surface area contributed by atoms with Crippen molar-refractivity contribution >= 4 is 27.5 Å². The van der Waals surface area contributed by atoms with E-state index in [9.17, 15) is 18.0 Å². The van der Waals surface area contributed by atoms with E-state index in [0.29, 0.717) is 18.0 Å². The number of nitrogens with zero attached hydrogens (tertiary/aromatic N) is 4. The second kappa shape index (κ2) is 8.00. The molecule has 2 rings (SSSR count). The molecule has 0 saturated heterocycles. The Kier molecular flexibility index (Phi) is 6.22. The van der Waals surface area contributed by atoms with Crippen LogP contribution in [0.2, 0.25) is 0 Å². The molecule has 0 radical (unpaired) electrons. The van der Waals surface area contributed by atoms with Crippen LogP contribution in [-0.4, -0.2) is 32.1 Å². The third-order valence-corrected chi connectivity index (χ3v) is 4.25. The van der Waals surface area contributed by atoms with Gasteiger partial charge in [0.25, 0.3) is 0 Å². The summed E-state index contributed by atoms with van der Waals surface area (Å²) in [6, 6.07) is 0. The molecule has 1 N–H and O–H groups in total. The number of carbonyl (C=O) groups excluding carboxylic acids is 1. The summed E-state index contributed by atoms with van der Waals surface area (Å²) in [7, 11) is 0. The molecule has 0 bridgehead atoms. The topological polar surface area (TPSA) is 74.0 Å². The summed E-state index contributed by atoms with van der Waals surface area (Å²) in [5, 5.41) is 10.2. The number of amides is 1. The molecular weight excluding hydrogens is 407 g/mol. The molecule has 138 valence electrons. The molecule has 7 nitrogen and oxygen atoms in total. The van der Waals surface area contributed by atoms with Gasteiger partial charge in [0.1, 0.15) is 6.73 Å². The maximum absolute atomic E-state index is 12.8. The van der Waals surface area contributed by atoms with Gasteiger partial charge in [0.05, 0.1) is 34.8 Å². The van der Waals surface area contributed by atoms with Crippen LogP contribution in [-0.2, 0) is 29.0 Å².